The number of anilines is 1. The first-order chi connectivity index (χ1) is 14.5. The summed E-state index contributed by atoms with van der Waals surface area (Å²) in [5.74, 6) is 0.603. The number of carbonyl (C=O) groups excluding carboxylic acids is 1. The maximum atomic E-state index is 12.9. The number of nitrogens with zero attached hydrogens (tertiary/aromatic N) is 1. The molecule has 1 aromatic heterocycles. The van der Waals surface area contributed by atoms with E-state index in [1.165, 1.54) is 16.4 Å². The van der Waals surface area contributed by atoms with Gasteiger partial charge in [0.25, 0.3) is 5.91 Å². The number of hydrogen-bond donors (Lipinski definition) is 1. The van der Waals surface area contributed by atoms with Gasteiger partial charge in [0.05, 0.1) is 0 Å². The molecule has 4 rings (SSSR count). The predicted octanol–water partition coefficient (Wildman–Crippen LogP) is 6.23. The highest BCUT2D eigenvalue weighted by Crippen LogP contribution is 2.31. The smallest absolute Gasteiger partial charge is 0.265 e. The second-order valence-corrected chi connectivity index (χ2v) is 7.82. The minimum absolute atomic E-state index is 0.129. The van der Waals surface area contributed by atoms with Gasteiger partial charge < -0.3 is 14.6 Å². The number of amides is 1. The van der Waals surface area contributed by atoms with Gasteiger partial charge in [-0.05, 0) is 74.7 Å². The fourth-order valence-electron chi connectivity index (χ4n) is 4.18. The number of benzene rings is 3. The van der Waals surface area contributed by atoms with Crippen molar-refractivity contribution in [3.8, 4) is 5.75 Å². The van der Waals surface area contributed by atoms with Gasteiger partial charge in [-0.2, -0.15) is 0 Å². The SMILES string of the molecule is CCC(Oc1cc(C)cc(C)c1)C(=O)Nc1ccc2c(c1)c1ccccc1n2CC. The van der Waals surface area contributed by atoms with E-state index in [2.05, 4.69) is 59.3 Å². The lowest BCUT2D eigenvalue weighted by molar-refractivity contribution is -0.122. The standard InChI is InChI=1S/C26H28N2O2/c1-5-25(30-20-14-17(3)13-18(4)15-20)26(29)27-19-11-12-24-22(16-19)21-9-7-8-10-23(21)28(24)6-2/h7-16,25H,5-6H2,1-4H3,(H,27,29). The molecule has 0 aliphatic heterocycles. The summed E-state index contributed by atoms with van der Waals surface area (Å²) in [5, 5.41) is 5.40. The van der Waals surface area contributed by atoms with Crippen LogP contribution in [0.2, 0.25) is 0 Å². The molecule has 0 fully saturated rings. The molecule has 1 N–H and O–H groups in total. The second-order valence-electron chi connectivity index (χ2n) is 7.82. The molecule has 0 saturated heterocycles. The largest absolute Gasteiger partial charge is 0.481 e. The third-order valence-corrected chi connectivity index (χ3v) is 5.49. The molecule has 4 aromatic rings. The molecule has 1 amide bonds. The number of ether oxygens (including phenoxy) is 1. The van der Waals surface area contributed by atoms with Crippen LogP contribution in [0.15, 0.2) is 60.7 Å². The topological polar surface area (TPSA) is 43.3 Å². The van der Waals surface area contributed by atoms with Gasteiger partial charge in [0.15, 0.2) is 6.10 Å². The first-order valence-electron chi connectivity index (χ1n) is 10.6. The van der Waals surface area contributed by atoms with Crippen LogP contribution in [-0.4, -0.2) is 16.6 Å². The fraction of sp³-hybridized carbons (Fsp3) is 0.269. The van der Waals surface area contributed by atoms with Crippen molar-refractivity contribution >= 4 is 33.4 Å². The van der Waals surface area contributed by atoms with Crippen molar-refractivity contribution in [1.29, 1.82) is 0 Å². The molecule has 30 heavy (non-hydrogen) atoms. The highest BCUT2D eigenvalue weighted by atomic mass is 16.5. The highest BCUT2D eigenvalue weighted by Gasteiger charge is 2.19. The third kappa shape index (κ3) is 3.78. The lowest BCUT2D eigenvalue weighted by Gasteiger charge is -2.18. The lowest BCUT2D eigenvalue weighted by atomic mass is 10.1. The summed E-state index contributed by atoms with van der Waals surface area (Å²) >= 11 is 0. The van der Waals surface area contributed by atoms with E-state index in [9.17, 15) is 4.79 Å². The Labute approximate surface area is 177 Å². The molecule has 0 saturated carbocycles. The number of carbonyl (C=O) groups is 1. The van der Waals surface area contributed by atoms with Crippen molar-refractivity contribution in [1.82, 2.24) is 4.57 Å². The Balaban J connectivity index is 1.61. The molecule has 0 spiro atoms. The Hall–Kier alpha value is -3.27. The lowest BCUT2D eigenvalue weighted by Crippen LogP contribution is -2.32. The van der Waals surface area contributed by atoms with Gasteiger partial charge in [-0.25, -0.2) is 0 Å². The minimum Gasteiger partial charge on any atom is -0.481 e. The van der Waals surface area contributed by atoms with Crippen LogP contribution in [0.1, 0.15) is 31.4 Å². The van der Waals surface area contributed by atoms with Gasteiger partial charge in [-0.15, -0.1) is 0 Å². The van der Waals surface area contributed by atoms with Gasteiger partial charge >= 0.3 is 0 Å². The Bertz CT molecular complexity index is 1200. The summed E-state index contributed by atoms with van der Waals surface area (Å²) in [6.07, 6.45) is 0.0508. The molecule has 0 radical (unpaired) electrons. The maximum absolute atomic E-state index is 12.9. The van der Waals surface area contributed by atoms with Crippen LogP contribution in [0.4, 0.5) is 5.69 Å². The number of aryl methyl sites for hydroxylation is 3. The van der Waals surface area contributed by atoms with Crippen LogP contribution in [0.5, 0.6) is 5.75 Å². The molecule has 0 bridgehead atoms. The maximum Gasteiger partial charge on any atom is 0.265 e. The Morgan fingerprint density at radius 1 is 0.933 bits per heavy atom. The van der Waals surface area contributed by atoms with Crippen molar-refractivity contribution in [2.75, 3.05) is 5.32 Å². The first kappa shape index (κ1) is 20.0. The van der Waals surface area contributed by atoms with Crippen molar-refractivity contribution in [3.05, 3.63) is 71.8 Å². The van der Waals surface area contributed by atoms with E-state index >= 15 is 0 Å². The monoisotopic (exact) mass is 400 g/mol. The van der Waals surface area contributed by atoms with Crippen molar-refractivity contribution in [2.24, 2.45) is 0 Å². The molecule has 1 atom stereocenters. The van der Waals surface area contributed by atoms with Crippen molar-refractivity contribution in [3.63, 3.8) is 0 Å². The predicted molar refractivity (Wildman–Crippen MR) is 124 cm³/mol. The van der Waals surface area contributed by atoms with E-state index in [-0.39, 0.29) is 5.91 Å². The van der Waals surface area contributed by atoms with E-state index in [1.54, 1.807) is 0 Å². The molecular weight excluding hydrogens is 372 g/mol. The third-order valence-electron chi connectivity index (χ3n) is 5.49. The Morgan fingerprint density at radius 2 is 1.63 bits per heavy atom. The number of fused-ring (bicyclic) bond motifs is 3. The van der Waals surface area contributed by atoms with E-state index < -0.39 is 6.10 Å². The zero-order chi connectivity index (χ0) is 21.3. The molecule has 4 nitrogen and oxygen atoms in total. The molecule has 0 aliphatic rings. The summed E-state index contributed by atoms with van der Waals surface area (Å²) in [6.45, 7) is 9.08. The molecule has 0 aliphatic carbocycles. The number of para-hydroxylation sites is 1. The Kier molecular flexibility index (Phi) is 5.49. The number of nitrogens with one attached hydrogen (secondary N) is 1. The molecule has 154 valence electrons. The van der Waals surface area contributed by atoms with Gasteiger partial charge in [-0.1, -0.05) is 31.2 Å². The molecular formula is C26H28N2O2. The van der Waals surface area contributed by atoms with E-state index in [4.69, 9.17) is 4.74 Å². The molecule has 4 heteroatoms. The summed E-state index contributed by atoms with van der Waals surface area (Å²) in [4.78, 5) is 12.9. The average Bonchev–Trinajstić information content (AvgIpc) is 3.04. The van der Waals surface area contributed by atoms with Crippen LogP contribution in [0.3, 0.4) is 0 Å². The van der Waals surface area contributed by atoms with Gasteiger partial charge in [0, 0.05) is 34.0 Å². The number of rotatable bonds is 6. The van der Waals surface area contributed by atoms with Crippen LogP contribution in [0.25, 0.3) is 21.8 Å². The molecule has 1 unspecified atom stereocenters. The van der Waals surface area contributed by atoms with Crippen LogP contribution in [-0.2, 0) is 11.3 Å². The second kappa shape index (κ2) is 8.23. The summed E-state index contributed by atoms with van der Waals surface area (Å²) in [6, 6.07) is 20.5. The summed E-state index contributed by atoms with van der Waals surface area (Å²) in [7, 11) is 0. The normalized spacial score (nSPS) is 12.3. The van der Waals surface area contributed by atoms with Gasteiger partial charge in [0.2, 0.25) is 0 Å². The first-order valence-corrected chi connectivity index (χ1v) is 10.6. The van der Waals surface area contributed by atoms with E-state index in [0.29, 0.717) is 6.42 Å². The number of hydrogen-bond acceptors (Lipinski definition) is 2. The van der Waals surface area contributed by atoms with Crippen LogP contribution in [0, 0.1) is 13.8 Å². The quantitative estimate of drug-likeness (QED) is 0.417. The highest BCUT2D eigenvalue weighted by molar-refractivity contribution is 6.10. The zero-order valence-corrected chi connectivity index (χ0v) is 18.0. The van der Waals surface area contributed by atoms with Crippen molar-refractivity contribution < 1.29 is 9.53 Å². The van der Waals surface area contributed by atoms with Crippen LogP contribution < -0.4 is 10.1 Å². The average molecular weight is 401 g/mol. The van der Waals surface area contributed by atoms with Gasteiger partial charge in [-0.3, -0.25) is 4.79 Å². The number of aromatic nitrogens is 1. The summed E-state index contributed by atoms with van der Waals surface area (Å²) in [5.41, 5.74) is 5.42. The fourth-order valence-corrected chi connectivity index (χ4v) is 4.18. The minimum atomic E-state index is -0.543. The van der Waals surface area contributed by atoms with Gasteiger partial charge in [0.1, 0.15) is 5.75 Å². The van der Waals surface area contributed by atoms with Crippen LogP contribution >= 0.6 is 0 Å². The van der Waals surface area contributed by atoms with Crippen molar-refractivity contribution in [2.45, 2.75) is 46.8 Å². The zero-order valence-electron chi connectivity index (χ0n) is 18.0. The summed E-state index contributed by atoms with van der Waals surface area (Å²) < 4.78 is 8.32. The van der Waals surface area contributed by atoms with E-state index in [0.717, 1.165) is 34.5 Å². The molecule has 3 aromatic carbocycles. The Morgan fingerprint density at radius 3 is 2.33 bits per heavy atom. The molecule has 1 heterocycles. The van der Waals surface area contributed by atoms with E-state index in [1.807, 2.05) is 39.0 Å².